The molecule has 0 radical (unpaired) electrons. The first-order valence-electron chi connectivity index (χ1n) is 6.60. The molecule has 0 aromatic heterocycles. The van der Waals surface area contributed by atoms with E-state index in [4.69, 9.17) is 21.2 Å². The zero-order valence-corrected chi connectivity index (χ0v) is 11.7. The first-order chi connectivity index (χ1) is 9.75. The number of morpholine rings is 1. The molecule has 1 unspecified atom stereocenters. The second-order valence-corrected chi connectivity index (χ2v) is 5.16. The molecule has 1 atom stereocenters. The minimum absolute atomic E-state index is 0.0286. The highest BCUT2D eigenvalue weighted by atomic mass is 35.5. The van der Waals surface area contributed by atoms with E-state index in [0.29, 0.717) is 37.7 Å². The van der Waals surface area contributed by atoms with E-state index in [1.807, 2.05) is 18.2 Å². The molecule has 106 valence electrons. The number of benzene rings is 1. The maximum absolute atomic E-state index is 12.3. The molecule has 3 rings (SSSR count). The van der Waals surface area contributed by atoms with Crippen molar-refractivity contribution < 1.29 is 14.4 Å². The lowest BCUT2D eigenvalue weighted by Gasteiger charge is -2.28. The van der Waals surface area contributed by atoms with Crippen LogP contribution in [0.3, 0.4) is 0 Å². The van der Waals surface area contributed by atoms with Crippen molar-refractivity contribution in [2.24, 2.45) is 5.16 Å². The summed E-state index contributed by atoms with van der Waals surface area (Å²) >= 11 is 6.13. The Balaban J connectivity index is 1.66. The molecule has 2 aliphatic rings. The molecule has 1 aromatic carbocycles. The van der Waals surface area contributed by atoms with Gasteiger partial charge in [-0.15, -0.1) is 0 Å². The van der Waals surface area contributed by atoms with Crippen molar-refractivity contribution in [3.05, 3.63) is 34.9 Å². The average molecular weight is 295 g/mol. The van der Waals surface area contributed by atoms with Crippen LogP contribution >= 0.6 is 11.6 Å². The van der Waals surface area contributed by atoms with Crippen molar-refractivity contribution in [3.63, 3.8) is 0 Å². The number of rotatable bonds is 2. The van der Waals surface area contributed by atoms with Crippen molar-refractivity contribution >= 4 is 23.2 Å². The van der Waals surface area contributed by atoms with Crippen LogP contribution in [0.15, 0.2) is 29.4 Å². The fourth-order valence-electron chi connectivity index (χ4n) is 2.35. The average Bonchev–Trinajstić information content (AvgIpc) is 2.97. The number of oxime groups is 1. The molecule has 20 heavy (non-hydrogen) atoms. The molecule has 0 spiro atoms. The summed E-state index contributed by atoms with van der Waals surface area (Å²) in [5.41, 5.74) is 1.55. The molecular formula is C14H15ClN2O3. The summed E-state index contributed by atoms with van der Waals surface area (Å²) in [4.78, 5) is 19.4. The quantitative estimate of drug-likeness (QED) is 0.834. The zero-order chi connectivity index (χ0) is 13.9. The van der Waals surface area contributed by atoms with Gasteiger partial charge in [-0.1, -0.05) is 35.0 Å². The van der Waals surface area contributed by atoms with E-state index < -0.39 is 6.10 Å². The largest absolute Gasteiger partial charge is 0.382 e. The van der Waals surface area contributed by atoms with Gasteiger partial charge in [0.05, 0.1) is 18.9 Å². The summed E-state index contributed by atoms with van der Waals surface area (Å²) in [5.74, 6) is -0.0286. The second-order valence-electron chi connectivity index (χ2n) is 4.75. The number of amides is 1. The van der Waals surface area contributed by atoms with Gasteiger partial charge in [0.25, 0.3) is 5.91 Å². The van der Waals surface area contributed by atoms with Gasteiger partial charge in [-0.2, -0.15) is 0 Å². The zero-order valence-electron chi connectivity index (χ0n) is 10.9. The second kappa shape index (κ2) is 5.81. The van der Waals surface area contributed by atoms with Crippen LogP contribution in [-0.4, -0.2) is 48.9 Å². The summed E-state index contributed by atoms with van der Waals surface area (Å²) in [5, 5.41) is 4.64. The Labute approximate surface area is 122 Å². The minimum atomic E-state index is -0.542. The summed E-state index contributed by atoms with van der Waals surface area (Å²) in [6.45, 7) is 2.38. The Morgan fingerprint density at radius 1 is 1.30 bits per heavy atom. The van der Waals surface area contributed by atoms with E-state index in [0.717, 1.165) is 11.3 Å². The predicted molar refractivity (Wildman–Crippen MR) is 74.9 cm³/mol. The standard InChI is InChI=1S/C14H15ClN2O3/c15-11-4-2-1-3-10(11)12-9-13(20-16-12)14(18)17-5-7-19-8-6-17/h1-4,13H,5-9H2. The molecule has 1 amide bonds. The van der Waals surface area contributed by atoms with Crippen molar-refractivity contribution in [1.82, 2.24) is 4.90 Å². The van der Waals surface area contributed by atoms with E-state index >= 15 is 0 Å². The normalized spacial score (nSPS) is 22.4. The molecule has 2 heterocycles. The fraction of sp³-hybridized carbons (Fsp3) is 0.429. The van der Waals surface area contributed by atoms with E-state index in [2.05, 4.69) is 5.16 Å². The van der Waals surface area contributed by atoms with Gasteiger partial charge in [0.15, 0.2) is 0 Å². The van der Waals surface area contributed by atoms with Crippen molar-refractivity contribution in [1.29, 1.82) is 0 Å². The van der Waals surface area contributed by atoms with Gasteiger partial charge in [0.1, 0.15) is 0 Å². The summed E-state index contributed by atoms with van der Waals surface area (Å²) in [6, 6.07) is 7.43. The monoisotopic (exact) mass is 294 g/mol. The smallest absolute Gasteiger partial charge is 0.267 e. The Kier molecular flexibility index (Phi) is 3.89. The lowest BCUT2D eigenvalue weighted by Crippen LogP contribution is -2.45. The molecule has 0 N–H and O–H groups in total. The molecule has 1 fully saturated rings. The van der Waals surface area contributed by atoms with Gasteiger partial charge in [0.2, 0.25) is 6.10 Å². The number of carbonyl (C=O) groups excluding carboxylic acids is 1. The molecule has 0 saturated carbocycles. The van der Waals surface area contributed by atoms with Crippen molar-refractivity contribution in [2.45, 2.75) is 12.5 Å². The number of ether oxygens (including phenoxy) is 1. The van der Waals surface area contributed by atoms with E-state index in [1.54, 1.807) is 11.0 Å². The van der Waals surface area contributed by atoms with E-state index in [1.165, 1.54) is 0 Å². The van der Waals surface area contributed by atoms with Crippen LogP contribution in [0.5, 0.6) is 0 Å². The number of carbonyl (C=O) groups is 1. The topological polar surface area (TPSA) is 51.1 Å². The predicted octanol–water partition coefficient (Wildman–Crippen LogP) is 1.69. The molecule has 0 bridgehead atoms. The van der Waals surface area contributed by atoms with Gasteiger partial charge in [-0.05, 0) is 6.07 Å². The highest BCUT2D eigenvalue weighted by Crippen LogP contribution is 2.23. The Morgan fingerprint density at radius 2 is 2.05 bits per heavy atom. The minimum Gasteiger partial charge on any atom is -0.382 e. The Hall–Kier alpha value is -1.59. The third-order valence-electron chi connectivity index (χ3n) is 3.45. The molecule has 2 aliphatic heterocycles. The number of nitrogens with zero attached hydrogens (tertiary/aromatic N) is 2. The highest BCUT2D eigenvalue weighted by Gasteiger charge is 2.33. The lowest BCUT2D eigenvalue weighted by atomic mass is 10.0. The van der Waals surface area contributed by atoms with Gasteiger partial charge >= 0.3 is 0 Å². The molecule has 1 aromatic rings. The first-order valence-corrected chi connectivity index (χ1v) is 6.97. The highest BCUT2D eigenvalue weighted by molar-refractivity contribution is 6.34. The maximum Gasteiger partial charge on any atom is 0.267 e. The van der Waals surface area contributed by atoms with Crippen molar-refractivity contribution in [3.8, 4) is 0 Å². The van der Waals surface area contributed by atoms with E-state index in [9.17, 15) is 4.79 Å². The van der Waals surface area contributed by atoms with Gasteiger partial charge < -0.3 is 14.5 Å². The van der Waals surface area contributed by atoms with Crippen LogP contribution in [0.2, 0.25) is 5.02 Å². The van der Waals surface area contributed by atoms with Gasteiger partial charge in [-0.25, -0.2) is 0 Å². The van der Waals surface area contributed by atoms with Crippen LogP contribution in [0.25, 0.3) is 0 Å². The Bertz CT molecular complexity index is 541. The molecule has 1 saturated heterocycles. The molecule has 6 heteroatoms. The van der Waals surface area contributed by atoms with Crippen LogP contribution in [-0.2, 0) is 14.4 Å². The lowest BCUT2D eigenvalue weighted by molar-refractivity contribution is -0.146. The summed E-state index contributed by atoms with van der Waals surface area (Å²) < 4.78 is 5.24. The first kappa shape index (κ1) is 13.4. The van der Waals surface area contributed by atoms with Crippen LogP contribution in [0.1, 0.15) is 12.0 Å². The molecular weight excluding hydrogens is 280 g/mol. The fourth-order valence-corrected chi connectivity index (χ4v) is 2.60. The Morgan fingerprint density at radius 3 is 2.80 bits per heavy atom. The van der Waals surface area contributed by atoms with Gasteiger partial charge in [-0.3, -0.25) is 4.79 Å². The van der Waals surface area contributed by atoms with Crippen LogP contribution < -0.4 is 0 Å². The summed E-state index contributed by atoms with van der Waals surface area (Å²) in [6.07, 6.45) is -0.0840. The number of halogens is 1. The molecule has 5 nitrogen and oxygen atoms in total. The van der Waals surface area contributed by atoms with Gasteiger partial charge in [0, 0.05) is 30.1 Å². The SMILES string of the molecule is O=C(C1CC(c2ccccc2Cl)=NO1)N1CCOCC1. The number of hydrogen-bond donors (Lipinski definition) is 0. The van der Waals surface area contributed by atoms with Crippen molar-refractivity contribution in [2.75, 3.05) is 26.3 Å². The summed E-state index contributed by atoms with van der Waals surface area (Å²) in [7, 11) is 0. The van der Waals surface area contributed by atoms with Crippen LogP contribution in [0, 0.1) is 0 Å². The molecule has 0 aliphatic carbocycles. The van der Waals surface area contributed by atoms with Crippen LogP contribution in [0.4, 0.5) is 0 Å². The third-order valence-corrected chi connectivity index (χ3v) is 3.78. The maximum atomic E-state index is 12.3. The number of hydrogen-bond acceptors (Lipinski definition) is 4. The van der Waals surface area contributed by atoms with E-state index in [-0.39, 0.29) is 5.91 Å². The third kappa shape index (κ3) is 2.64.